The fraction of sp³-hybridized carbons (Fsp3) is 0.208. The molecule has 1 amide bonds. The lowest BCUT2D eigenvalue weighted by atomic mass is 10.2. The minimum atomic E-state index is -3.59. The summed E-state index contributed by atoms with van der Waals surface area (Å²) in [5, 5.41) is 2.53. The molecule has 0 spiro atoms. The van der Waals surface area contributed by atoms with Gasteiger partial charge in [-0.1, -0.05) is 18.2 Å². The van der Waals surface area contributed by atoms with Crippen molar-refractivity contribution < 1.29 is 22.3 Å². The Labute approximate surface area is 206 Å². The first-order valence-corrected chi connectivity index (χ1v) is 11.9. The molecule has 188 valence electrons. The third-order valence-electron chi connectivity index (χ3n) is 5.05. The second-order valence-electron chi connectivity index (χ2n) is 7.76. The van der Waals surface area contributed by atoms with E-state index in [2.05, 4.69) is 22.1 Å². The highest BCUT2D eigenvalue weighted by Crippen LogP contribution is 2.18. The van der Waals surface area contributed by atoms with Crippen molar-refractivity contribution in [2.75, 3.05) is 21.2 Å². The minimum absolute atomic E-state index is 0.0329. The Balaban J connectivity index is 1.74. The Hall–Kier alpha value is -4.21. The van der Waals surface area contributed by atoms with Crippen LogP contribution in [0.4, 0.5) is 4.39 Å². The number of hydrogen-bond acceptors (Lipinski definition) is 6. The van der Waals surface area contributed by atoms with Gasteiger partial charge in [0.15, 0.2) is 11.6 Å². The molecule has 0 saturated heterocycles. The number of aromatic nitrogens is 2. The number of amides is 1. The molecule has 1 aromatic heterocycles. The van der Waals surface area contributed by atoms with Crippen molar-refractivity contribution in [2.45, 2.75) is 18.0 Å². The molecule has 0 unspecified atom stereocenters. The lowest BCUT2D eigenvalue weighted by Gasteiger charge is -2.12. The average Bonchev–Trinajstić information content (AvgIpc) is 2.84. The van der Waals surface area contributed by atoms with Crippen molar-refractivity contribution >= 4 is 15.9 Å². The topological polar surface area (TPSA) is 131 Å². The number of carbonyl (C=O) groups excluding carboxylic acids is 1. The summed E-state index contributed by atoms with van der Waals surface area (Å²) in [5.41, 5.74) is -0.370. The molecule has 0 atom stereocenters. The van der Waals surface area contributed by atoms with Crippen LogP contribution in [0.15, 0.2) is 63.1 Å². The monoisotopic (exact) mass is 514 g/mol. The Kier molecular flexibility index (Phi) is 8.08. The molecule has 3 rings (SSSR count). The van der Waals surface area contributed by atoms with Gasteiger partial charge in [-0.05, 0) is 41.3 Å². The van der Waals surface area contributed by atoms with Crippen LogP contribution in [0.2, 0.25) is 0 Å². The zero-order valence-electron chi connectivity index (χ0n) is 19.7. The second kappa shape index (κ2) is 11.0. The number of rotatable bonds is 7. The maximum atomic E-state index is 13.5. The van der Waals surface area contributed by atoms with Crippen LogP contribution in [-0.4, -0.2) is 49.4 Å². The van der Waals surface area contributed by atoms with Crippen molar-refractivity contribution in [1.82, 2.24) is 19.2 Å². The third kappa shape index (κ3) is 6.26. The molecule has 0 aliphatic rings. The number of nitrogens with one attached hydrogen (secondary N) is 2. The van der Waals surface area contributed by atoms with E-state index in [9.17, 15) is 27.2 Å². The van der Waals surface area contributed by atoms with Gasteiger partial charge in [-0.3, -0.25) is 19.1 Å². The van der Waals surface area contributed by atoms with E-state index in [0.717, 1.165) is 4.31 Å². The third-order valence-corrected chi connectivity index (χ3v) is 6.87. The molecule has 0 saturated carbocycles. The number of benzene rings is 2. The first kappa shape index (κ1) is 26.4. The number of aromatic amines is 1. The van der Waals surface area contributed by atoms with E-state index in [1.165, 1.54) is 62.3 Å². The standard InChI is InChI=1S/C24H23FN4O6S/c1-28(2)36(33,34)19-8-4-16(5-9-19)14-29-15-18(23(31)27-24(29)32)7-11-22(30)26-13-17-6-10-20(25)21(12-17)35-3/h4-6,8-10,12,15H,13-14H2,1-3H3,(H,26,30)(H,27,31,32). The molecule has 0 bridgehead atoms. The smallest absolute Gasteiger partial charge is 0.328 e. The van der Waals surface area contributed by atoms with Gasteiger partial charge in [-0.2, -0.15) is 0 Å². The van der Waals surface area contributed by atoms with E-state index < -0.39 is 33.0 Å². The molecule has 36 heavy (non-hydrogen) atoms. The number of methoxy groups -OCH3 is 1. The summed E-state index contributed by atoms with van der Waals surface area (Å²) in [6.07, 6.45) is 1.22. The lowest BCUT2D eigenvalue weighted by molar-refractivity contribution is -0.115. The van der Waals surface area contributed by atoms with Crippen molar-refractivity contribution in [3.63, 3.8) is 0 Å². The number of halogens is 1. The molecule has 0 aliphatic heterocycles. The molecule has 0 fully saturated rings. The lowest BCUT2D eigenvalue weighted by Crippen LogP contribution is -2.31. The van der Waals surface area contributed by atoms with Gasteiger partial charge in [-0.15, -0.1) is 0 Å². The first-order chi connectivity index (χ1) is 17.0. The molecule has 0 radical (unpaired) electrons. The Morgan fingerprint density at radius 1 is 1.14 bits per heavy atom. The number of carbonyl (C=O) groups is 1. The predicted molar refractivity (Wildman–Crippen MR) is 129 cm³/mol. The summed E-state index contributed by atoms with van der Waals surface area (Å²) < 4.78 is 45.1. The summed E-state index contributed by atoms with van der Waals surface area (Å²) in [6, 6.07) is 10.1. The molecule has 1 heterocycles. The van der Waals surface area contributed by atoms with Gasteiger partial charge in [0.05, 0.1) is 18.6 Å². The zero-order valence-corrected chi connectivity index (χ0v) is 20.5. The summed E-state index contributed by atoms with van der Waals surface area (Å²) in [5.74, 6) is 3.54. The summed E-state index contributed by atoms with van der Waals surface area (Å²) in [7, 11) is 0.580. The zero-order chi connectivity index (χ0) is 26.5. The Bertz CT molecular complexity index is 1570. The quantitative estimate of drug-likeness (QED) is 0.446. The SMILES string of the molecule is COc1cc(CNC(=O)C#Cc2cn(Cc3ccc(S(=O)(=O)N(C)C)cc3)c(=O)[nH]c2=O)ccc1F. The van der Waals surface area contributed by atoms with E-state index in [-0.39, 0.29) is 29.3 Å². The molecule has 2 aromatic carbocycles. The number of ether oxygens (including phenoxy) is 1. The maximum Gasteiger partial charge on any atom is 0.328 e. The highest BCUT2D eigenvalue weighted by atomic mass is 32.2. The van der Waals surface area contributed by atoms with Crippen LogP contribution < -0.4 is 21.3 Å². The fourth-order valence-corrected chi connectivity index (χ4v) is 3.96. The molecule has 12 heteroatoms. The van der Waals surface area contributed by atoms with Gasteiger partial charge in [-0.25, -0.2) is 21.9 Å². The van der Waals surface area contributed by atoms with Crippen LogP contribution in [0.5, 0.6) is 5.75 Å². The van der Waals surface area contributed by atoms with Gasteiger partial charge in [0.25, 0.3) is 11.5 Å². The van der Waals surface area contributed by atoms with Crippen molar-refractivity contribution in [3.8, 4) is 17.6 Å². The molecule has 10 nitrogen and oxygen atoms in total. The molecular formula is C24H23FN4O6S. The maximum absolute atomic E-state index is 13.5. The van der Waals surface area contributed by atoms with Crippen molar-refractivity contribution in [3.05, 3.63) is 92.0 Å². The van der Waals surface area contributed by atoms with Gasteiger partial charge in [0, 0.05) is 32.8 Å². The number of hydrogen-bond donors (Lipinski definition) is 2. The van der Waals surface area contributed by atoms with Crippen LogP contribution in [0.3, 0.4) is 0 Å². The first-order valence-electron chi connectivity index (χ1n) is 10.5. The van der Waals surface area contributed by atoms with E-state index >= 15 is 0 Å². The van der Waals surface area contributed by atoms with Crippen molar-refractivity contribution in [2.24, 2.45) is 0 Å². The van der Waals surface area contributed by atoms with Gasteiger partial charge in [0.1, 0.15) is 5.56 Å². The summed E-state index contributed by atoms with van der Waals surface area (Å²) in [4.78, 5) is 38.7. The molecule has 2 N–H and O–H groups in total. The highest BCUT2D eigenvalue weighted by molar-refractivity contribution is 7.89. The van der Waals surface area contributed by atoms with Crippen LogP contribution in [-0.2, 0) is 27.9 Å². The van der Waals surface area contributed by atoms with Crippen molar-refractivity contribution in [1.29, 1.82) is 0 Å². The number of H-pyrrole nitrogens is 1. The average molecular weight is 515 g/mol. The van der Waals surface area contributed by atoms with E-state index in [4.69, 9.17) is 4.74 Å². The van der Waals surface area contributed by atoms with Crippen LogP contribution in [0, 0.1) is 17.7 Å². The molecular weight excluding hydrogens is 491 g/mol. The number of sulfonamides is 1. The van der Waals surface area contributed by atoms with Crippen LogP contribution >= 0.6 is 0 Å². The van der Waals surface area contributed by atoms with Crippen LogP contribution in [0.1, 0.15) is 16.7 Å². The van der Waals surface area contributed by atoms with Crippen LogP contribution in [0.25, 0.3) is 0 Å². The summed E-state index contributed by atoms with van der Waals surface area (Å²) >= 11 is 0. The molecule has 3 aromatic rings. The van der Waals surface area contributed by atoms with E-state index in [1.54, 1.807) is 12.1 Å². The highest BCUT2D eigenvalue weighted by Gasteiger charge is 2.16. The van der Waals surface area contributed by atoms with E-state index in [1.807, 2.05) is 0 Å². The Morgan fingerprint density at radius 3 is 2.44 bits per heavy atom. The van der Waals surface area contributed by atoms with Gasteiger partial charge < -0.3 is 10.1 Å². The largest absolute Gasteiger partial charge is 0.494 e. The van der Waals surface area contributed by atoms with Gasteiger partial charge in [0.2, 0.25) is 10.0 Å². The minimum Gasteiger partial charge on any atom is -0.494 e. The molecule has 0 aliphatic carbocycles. The fourth-order valence-electron chi connectivity index (χ4n) is 3.05. The van der Waals surface area contributed by atoms with Gasteiger partial charge >= 0.3 is 5.69 Å². The summed E-state index contributed by atoms with van der Waals surface area (Å²) in [6.45, 7) is 0.0880. The normalized spacial score (nSPS) is 11.0. The van der Waals surface area contributed by atoms with E-state index in [0.29, 0.717) is 11.1 Å². The predicted octanol–water partition coefficient (Wildman–Crippen LogP) is 0.651. The number of nitrogens with zero attached hydrogens (tertiary/aromatic N) is 2. The second-order valence-corrected chi connectivity index (χ2v) is 9.91. The Morgan fingerprint density at radius 2 is 1.81 bits per heavy atom.